The van der Waals surface area contributed by atoms with Crippen LogP contribution < -0.4 is 5.32 Å². The maximum atomic E-state index is 11.8. The lowest BCUT2D eigenvalue weighted by Crippen LogP contribution is -2.40. The number of hydrogen-bond donors (Lipinski definition) is 2. The summed E-state index contributed by atoms with van der Waals surface area (Å²) in [5, 5.41) is 12.4. The topological polar surface area (TPSA) is 74.9 Å². The Hall–Kier alpha value is -1.37. The fourth-order valence-electron chi connectivity index (χ4n) is 1.81. The van der Waals surface area contributed by atoms with E-state index in [9.17, 15) is 9.90 Å². The van der Waals surface area contributed by atoms with Gasteiger partial charge in [0.1, 0.15) is 5.76 Å². The first-order valence-electron chi connectivity index (χ1n) is 6.21. The minimum atomic E-state index is -0.592. The molecule has 0 aromatic carbocycles. The molecule has 1 aromatic heterocycles. The van der Waals surface area contributed by atoms with Crippen molar-refractivity contribution in [3.05, 3.63) is 24.2 Å². The number of rotatable bonds is 8. The maximum Gasteiger partial charge on any atom is 0.234 e. The van der Waals surface area contributed by atoms with Crippen molar-refractivity contribution in [1.82, 2.24) is 10.2 Å². The summed E-state index contributed by atoms with van der Waals surface area (Å²) in [7, 11) is 3.30. The van der Waals surface area contributed by atoms with Gasteiger partial charge in [0.2, 0.25) is 5.91 Å². The molecule has 2 atom stereocenters. The fraction of sp³-hybridized carbons (Fsp3) is 0.615. The summed E-state index contributed by atoms with van der Waals surface area (Å²) in [5.41, 5.74) is 0. The molecule has 0 saturated heterocycles. The number of hydrogen-bond acceptors (Lipinski definition) is 5. The second-order valence-electron chi connectivity index (χ2n) is 4.61. The van der Waals surface area contributed by atoms with Gasteiger partial charge >= 0.3 is 0 Å². The minimum Gasteiger partial charge on any atom is -0.467 e. The minimum absolute atomic E-state index is 0.115. The molecule has 1 heterocycles. The number of nitrogens with one attached hydrogen (secondary N) is 1. The van der Waals surface area contributed by atoms with Crippen molar-refractivity contribution >= 4 is 5.91 Å². The highest BCUT2D eigenvalue weighted by molar-refractivity contribution is 5.78. The molecule has 0 saturated carbocycles. The van der Waals surface area contributed by atoms with Crippen LogP contribution in [0.25, 0.3) is 0 Å². The highest BCUT2D eigenvalue weighted by Gasteiger charge is 2.15. The number of carbonyl (C=O) groups is 1. The van der Waals surface area contributed by atoms with E-state index >= 15 is 0 Å². The van der Waals surface area contributed by atoms with Crippen molar-refractivity contribution in [2.75, 3.05) is 33.9 Å². The zero-order chi connectivity index (χ0) is 14.3. The van der Waals surface area contributed by atoms with Crippen LogP contribution in [0.2, 0.25) is 0 Å². The number of methoxy groups -OCH3 is 1. The quantitative estimate of drug-likeness (QED) is 0.715. The van der Waals surface area contributed by atoms with Gasteiger partial charge in [-0.05, 0) is 26.1 Å². The van der Waals surface area contributed by atoms with E-state index in [1.165, 1.54) is 7.11 Å². The molecule has 6 nitrogen and oxygen atoms in total. The Kier molecular flexibility index (Phi) is 6.55. The van der Waals surface area contributed by atoms with Crippen molar-refractivity contribution in [2.24, 2.45) is 0 Å². The number of aliphatic hydroxyl groups excluding tert-OH is 1. The summed E-state index contributed by atoms with van der Waals surface area (Å²) in [5.74, 6) is 0.603. The first kappa shape index (κ1) is 15.7. The van der Waals surface area contributed by atoms with Crippen LogP contribution in [0.15, 0.2) is 22.8 Å². The summed E-state index contributed by atoms with van der Waals surface area (Å²) in [6, 6.07) is 3.43. The largest absolute Gasteiger partial charge is 0.467 e. The first-order chi connectivity index (χ1) is 9.02. The van der Waals surface area contributed by atoms with E-state index < -0.39 is 6.10 Å². The molecular weight excluding hydrogens is 248 g/mol. The third kappa shape index (κ3) is 5.87. The standard InChI is InChI=1S/C13H22N2O4/c1-10(12-5-4-6-19-12)14-13(17)8-15(2)7-11(16)9-18-3/h4-6,10-11,16H,7-9H2,1-3H3,(H,14,17). The van der Waals surface area contributed by atoms with Gasteiger partial charge in [0, 0.05) is 13.7 Å². The number of carbonyl (C=O) groups excluding carboxylic acids is 1. The van der Waals surface area contributed by atoms with Crippen LogP contribution >= 0.6 is 0 Å². The van der Waals surface area contributed by atoms with Crippen LogP contribution in [0.3, 0.4) is 0 Å². The second-order valence-corrected chi connectivity index (χ2v) is 4.61. The third-order valence-corrected chi connectivity index (χ3v) is 2.64. The third-order valence-electron chi connectivity index (χ3n) is 2.64. The number of likely N-dealkylation sites (N-methyl/N-ethyl adjacent to an activating group) is 1. The van der Waals surface area contributed by atoms with Gasteiger partial charge in [-0.25, -0.2) is 0 Å². The number of furan rings is 1. The highest BCUT2D eigenvalue weighted by atomic mass is 16.5. The van der Waals surface area contributed by atoms with Gasteiger partial charge in [-0.3, -0.25) is 9.69 Å². The number of amides is 1. The molecule has 0 bridgehead atoms. The Balaban J connectivity index is 2.30. The van der Waals surface area contributed by atoms with Crippen molar-refractivity contribution in [3.63, 3.8) is 0 Å². The molecule has 0 radical (unpaired) electrons. The molecule has 108 valence electrons. The van der Waals surface area contributed by atoms with Crippen LogP contribution in [0.5, 0.6) is 0 Å². The van der Waals surface area contributed by atoms with Gasteiger partial charge in [-0.2, -0.15) is 0 Å². The van der Waals surface area contributed by atoms with E-state index in [4.69, 9.17) is 9.15 Å². The lowest BCUT2D eigenvalue weighted by molar-refractivity contribution is -0.123. The molecule has 0 aliphatic carbocycles. The van der Waals surface area contributed by atoms with Crippen molar-refractivity contribution < 1.29 is 19.1 Å². The highest BCUT2D eigenvalue weighted by Crippen LogP contribution is 2.11. The normalized spacial score (nSPS) is 14.4. The van der Waals surface area contributed by atoms with E-state index in [1.807, 2.05) is 13.0 Å². The molecule has 0 fully saturated rings. The molecule has 1 amide bonds. The molecular formula is C13H22N2O4. The Morgan fingerprint density at radius 1 is 1.63 bits per heavy atom. The first-order valence-corrected chi connectivity index (χ1v) is 6.21. The molecule has 1 aromatic rings. The Morgan fingerprint density at radius 3 is 2.95 bits per heavy atom. The summed E-state index contributed by atoms with van der Waals surface area (Å²) in [6.45, 7) is 2.72. The second kappa shape index (κ2) is 7.93. The summed E-state index contributed by atoms with van der Waals surface area (Å²) >= 11 is 0. The SMILES string of the molecule is COCC(O)CN(C)CC(=O)NC(C)c1ccco1. The summed E-state index contributed by atoms with van der Waals surface area (Å²) in [4.78, 5) is 13.5. The van der Waals surface area contributed by atoms with E-state index in [0.29, 0.717) is 6.54 Å². The van der Waals surface area contributed by atoms with Crippen molar-refractivity contribution in [2.45, 2.75) is 19.1 Å². The molecule has 19 heavy (non-hydrogen) atoms. The zero-order valence-electron chi connectivity index (χ0n) is 11.6. The number of aliphatic hydroxyl groups is 1. The molecule has 0 aliphatic heterocycles. The van der Waals surface area contributed by atoms with Gasteiger partial charge in [0.05, 0.1) is 31.6 Å². The molecule has 0 spiro atoms. The summed E-state index contributed by atoms with van der Waals surface area (Å²) < 4.78 is 10.0. The molecule has 0 aliphatic rings. The van der Waals surface area contributed by atoms with Gasteiger partial charge in [0.15, 0.2) is 0 Å². The predicted octanol–water partition coefficient (Wildman–Crippen LogP) is 0.396. The number of ether oxygens (including phenoxy) is 1. The van der Waals surface area contributed by atoms with Crippen LogP contribution in [-0.4, -0.2) is 55.9 Å². The zero-order valence-corrected chi connectivity index (χ0v) is 11.6. The van der Waals surface area contributed by atoms with Gasteiger partial charge in [0.25, 0.3) is 0 Å². The number of nitrogens with zero attached hydrogens (tertiary/aromatic N) is 1. The van der Waals surface area contributed by atoms with E-state index in [1.54, 1.807) is 24.3 Å². The van der Waals surface area contributed by atoms with Crippen LogP contribution in [0, 0.1) is 0 Å². The van der Waals surface area contributed by atoms with Crippen LogP contribution in [0.4, 0.5) is 0 Å². The Labute approximate surface area is 113 Å². The smallest absolute Gasteiger partial charge is 0.234 e. The maximum absolute atomic E-state index is 11.8. The summed E-state index contributed by atoms with van der Waals surface area (Å²) in [6.07, 6.45) is 0.982. The van der Waals surface area contributed by atoms with E-state index in [-0.39, 0.29) is 25.1 Å². The van der Waals surface area contributed by atoms with Crippen molar-refractivity contribution in [3.8, 4) is 0 Å². The average molecular weight is 270 g/mol. The van der Waals surface area contributed by atoms with Crippen LogP contribution in [0.1, 0.15) is 18.7 Å². The van der Waals surface area contributed by atoms with Crippen molar-refractivity contribution in [1.29, 1.82) is 0 Å². The van der Waals surface area contributed by atoms with E-state index in [2.05, 4.69) is 5.32 Å². The predicted molar refractivity (Wildman–Crippen MR) is 70.6 cm³/mol. The van der Waals surface area contributed by atoms with Crippen LogP contribution in [-0.2, 0) is 9.53 Å². The Morgan fingerprint density at radius 2 is 2.37 bits per heavy atom. The lowest BCUT2D eigenvalue weighted by Gasteiger charge is -2.20. The van der Waals surface area contributed by atoms with Gasteiger partial charge < -0.3 is 19.6 Å². The molecule has 6 heteroatoms. The molecule has 2 N–H and O–H groups in total. The van der Waals surface area contributed by atoms with E-state index in [0.717, 1.165) is 5.76 Å². The van der Waals surface area contributed by atoms with Gasteiger partial charge in [-0.15, -0.1) is 0 Å². The fourth-order valence-corrected chi connectivity index (χ4v) is 1.81. The van der Waals surface area contributed by atoms with Gasteiger partial charge in [-0.1, -0.05) is 0 Å². The average Bonchev–Trinajstić information content (AvgIpc) is 2.81. The molecule has 1 rings (SSSR count). The Bertz CT molecular complexity index is 367. The molecule has 2 unspecified atom stereocenters. The lowest BCUT2D eigenvalue weighted by atomic mass is 10.2. The monoisotopic (exact) mass is 270 g/mol.